The van der Waals surface area contributed by atoms with Crippen LogP contribution < -0.4 is 15.8 Å². The predicted molar refractivity (Wildman–Crippen MR) is 75.6 cm³/mol. The molecule has 0 aromatic heterocycles. The lowest BCUT2D eigenvalue weighted by atomic mass is 10.1. The number of terminal acetylenes is 1. The molecule has 0 heterocycles. The topological polar surface area (TPSA) is 64.3 Å². The first-order valence-electron chi connectivity index (χ1n) is 6.31. The molecule has 0 spiro atoms. The highest BCUT2D eigenvalue weighted by Gasteiger charge is 2.13. The zero-order valence-corrected chi connectivity index (χ0v) is 11.3. The Morgan fingerprint density at radius 1 is 1.47 bits per heavy atom. The number of ether oxygens (including phenoxy) is 1. The van der Waals surface area contributed by atoms with Crippen LogP contribution in [0, 0.1) is 12.3 Å². The van der Waals surface area contributed by atoms with Crippen molar-refractivity contribution < 1.29 is 9.53 Å². The summed E-state index contributed by atoms with van der Waals surface area (Å²) in [5.74, 6) is 2.75. The number of benzene rings is 1. The van der Waals surface area contributed by atoms with Crippen molar-refractivity contribution in [2.45, 2.75) is 32.4 Å². The van der Waals surface area contributed by atoms with Crippen molar-refractivity contribution in [2.75, 3.05) is 6.54 Å². The number of amides is 1. The Balaban J connectivity index is 2.58. The maximum absolute atomic E-state index is 11.6. The van der Waals surface area contributed by atoms with Crippen LogP contribution in [0.15, 0.2) is 24.3 Å². The standard InChI is InChI=1S/C15H20N2O2/c1-4-10-17-15(18)11(3)19-13-8-6-12(7-9-13)14(16)5-2/h1,6-9,11,14H,5,10,16H2,2-3H3,(H,17,18)/t11?,14-/m0/s1. The minimum atomic E-state index is -0.584. The van der Waals surface area contributed by atoms with Gasteiger partial charge in [0.15, 0.2) is 6.10 Å². The average molecular weight is 260 g/mol. The largest absolute Gasteiger partial charge is 0.481 e. The second-order valence-electron chi connectivity index (χ2n) is 4.27. The summed E-state index contributed by atoms with van der Waals surface area (Å²) in [7, 11) is 0. The molecular formula is C15H20N2O2. The number of rotatable bonds is 6. The lowest BCUT2D eigenvalue weighted by Crippen LogP contribution is -2.36. The van der Waals surface area contributed by atoms with Crippen molar-refractivity contribution >= 4 is 5.91 Å². The molecular weight excluding hydrogens is 240 g/mol. The summed E-state index contributed by atoms with van der Waals surface area (Å²) >= 11 is 0. The van der Waals surface area contributed by atoms with Crippen LogP contribution in [0.2, 0.25) is 0 Å². The molecule has 0 saturated carbocycles. The Labute approximate surface area is 114 Å². The number of carbonyl (C=O) groups excluding carboxylic acids is 1. The van der Waals surface area contributed by atoms with Gasteiger partial charge in [-0.2, -0.15) is 0 Å². The van der Waals surface area contributed by atoms with Gasteiger partial charge in [-0.05, 0) is 31.0 Å². The summed E-state index contributed by atoms with van der Waals surface area (Å²) in [4.78, 5) is 11.6. The summed E-state index contributed by atoms with van der Waals surface area (Å²) in [6.07, 6.45) is 5.37. The fourth-order valence-corrected chi connectivity index (χ4v) is 1.57. The van der Waals surface area contributed by atoms with Gasteiger partial charge in [-0.15, -0.1) is 6.42 Å². The van der Waals surface area contributed by atoms with Crippen LogP contribution in [-0.4, -0.2) is 18.6 Å². The van der Waals surface area contributed by atoms with Gasteiger partial charge in [0.05, 0.1) is 6.54 Å². The molecule has 1 amide bonds. The number of nitrogens with one attached hydrogen (secondary N) is 1. The summed E-state index contributed by atoms with van der Waals surface area (Å²) in [6, 6.07) is 7.49. The SMILES string of the molecule is C#CCNC(=O)C(C)Oc1ccc([C@@H](N)CC)cc1. The van der Waals surface area contributed by atoms with E-state index in [1.807, 2.05) is 31.2 Å². The zero-order chi connectivity index (χ0) is 14.3. The highest BCUT2D eigenvalue weighted by atomic mass is 16.5. The van der Waals surface area contributed by atoms with Crippen LogP contribution in [0.25, 0.3) is 0 Å². The highest BCUT2D eigenvalue weighted by Crippen LogP contribution is 2.19. The molecule has 0 saturated heterocycles. The molecule has 0 aliphatic heterocycles. The summed E-state index contributed by atoms with van der Waals surface area (Å²) in [6.45, 7) is 3.92. The van der Waals surface area contributed by atoms with Crippen molar-refractivity contribution in [1.29, 1.82) is 0 Å². The first-order chi connectivity index (χ1) is 9.08. The maximum Gasteiger partial charge on any atom is 0.261 e. The van der Waals surface area contributed by atoms with E-state index in [2.05, 4.69) is 11.2 Å². The minimum absolute atomic E-state index is 0.0328. The van der Waals surface area contributed by atoms with Crippen LogP contribution in [0.3, 0.4) is 0 Å². The van der Waals surface area contributed by atoms with Gasteiger partial charge in [-0.3, -0.25) is 4.79 Å². The van der Waals surface area contributed by atoms with Crippen LogP contribution in [0.4, 0.5) is 0 Å². The summed E-state index contributed by atoms with van der Waals surface area (Å²) in [5.41, 5.74) is 6.98. The van der Waals surface area contributed by atoms with E-state index in [1.165, 1.54) is 0 Å². The minimum Gasteiger partial charge on any atom is -0.481 e. The van der Waals surface area contributed by atoms with Gasteiger partial charge < -0.3 is 15.8 Å². The van der Waals surface area contributed by atoms with E-state index in [0.717, 1.165) is 12.0 Å². The third-order valence-electron chi connectivity index (χ3n) is 2.79. The van der Waals surface area contributed by atoms with Gasteiger partial charge in [0, 0.05) is 6.04 Å². The van der Waals surface area contributed by atoms with Gasteiger partial charge in [0.25, 0.3) is 5.91 Å². The van der Waals surface area contributed by atoms with Crippen LogP contribution in [0.1, 0.15) is 31.9 Å². The molecule has 1 rings (SSSR count). The molecule has 1 aromatic carbocycles. The molecule has 4 nitrogen and oxygen atoms in total. The Morgan fingerprint density at radius 2 is 2.11 bits per heavy atom. The van der Waals surface area contributed by atoms with Crippen molar-refractivity contribution in [3.05, 3.63) is 29.8 Å². The molecule has 3 N–H and O–H groups in total. The van der Waals surface area contributed by atoms with E-state index in [-0.39, 0.29) is 18.5 Å². The predicted octanol–water partition coefficient (Wildman–Crippen LogP) is 1.61. The maximum atomic E-state index is 11.6. The highest BCUT2D eigenvalue weighted by molar-refractivity contribution is 5.80. The van der Waals surface area contributed by atoms with Crippen molar-refractivity contribution in [2.24, 2.45) is 5.73 Å². The quantitative estimate of drug-likeness (QED) is 0.764. The number of hydrogen-bond acceptors (Lipinski definition) is 3. The van der Waals surface area contributed by atoms with Crippen molar-refractivity contribution in [1.82, 2.24) is 5.32 Å². The molecule has 0 aliphatic carbocycles. The first-order valence-corrected chi connectivity index (χ1v) is 6.31. The third kappa shape index (κ3) is 4.65. The normalized spacial score (nSPS) is 13.2. The monoisotopic (exact) mass is 260 g/mol. The molecule has 0 radical (unpaired) electrons. The first kappa shape index (κ1) is 15.1. The van der Waals surface area contributed by atoms with Crippen molar-refractivity contribution in [3.8, 4) is 18.1 Å². The smallest absolute Gasteiger partial charge is 0.261 e. The van der Waals surface area contributed by atoms with E-state index < -0.39 is 6.10 Å². The van der Waals surface area contributed by atoms with Gasteiger partial charge in [-0.1, -0.05) is 25.0 Å². The molecule has 19 heavy (non-hydrogen) atoms. The number of carbonyl (C=O) groups is 1. The molecule has 1 aromatic rings. The Hall–Kier alpha value is -1.99. The van der Waals surface area contributed by atoms with Crippen molar-refractivity contribution in [3.63, 3.8) is 0 Å². The van der Waals surface area contributed by atoms with E-state index in [4.69, 9.17) is 16.9 Å². The molecule has 1 unspecified atom stereocenters. The van der Waals surface area contributed by atoms with E-state index in [0.29, 0.717) is 5.75 Å². The molecule has 0 aliphatic rings. The van der Waals surface area contributed by atoms with Gasteiger partial charge in [0.1, 0.15) is 5.75 Å². The van der Waals surface area contributed by atoms with Gasteiger partial charge in [-0.25, -0.2) is 0 Å². The Morgan fingerprint density at radius 3 is 2.63 bits per heavy atom. The Kier molecular flexibility index (Phi) is 5.91. The van der Waals surface area contributed by atoms with Gasteiger partial charge in [0.2, 0.25) is 0 Å². The molecule has 0 bridgehead atoms. The van der Waals surface area contributed by atoms with Crippen LogP contribution >= 0.6 is 0 Å². The molecule has 4 heteroatoms. The van der Waals surface area contributed by atoms with E-state index in [1.54, 1.807) is 6.92 Å². The lowest BCUT2D eigenvalue weighted by molar-refractivity contribution is -0.126. The fourth-order valence-electron chi connectivity index (χ4n) is 1.57. The molecule has 102 valence electrons. The van der Waals surface area contributed by atoms with Crippen LogP contribution in [-0.2, 0) is 4.79 Å². The second kappa shape index (κ2) is 7.45. The van der Waals surface area contributed by atoms with E-state index in [9.17, 15) is 4.79 Å². The van der Waals surface area contributed by atoms with E-state index >= 15 is 0 Å². The number of nitrogens with two attached hydrogens (primary N) is 1. The Bertz CT molecular complexity index is 448. The molecule has 2 atom stereocenters. The fraction of sp³-hybridized carbons (Fsp3) is 0.400. The zero-order valence-electron chi connectivity index (χ0n) is 11.3. The number of hydrogen-bond donors (Lipinski definition) is 2. The summed E-state index contributed by atoms with van der Waals surface area (Å²) < 4.78 is 5.52. The second-order valence-corrected chi connectivity index (χ2v) is 4.27. The third-order valence-corrected chi connectivity index (χ3v) is 2.79. The molecule has 0 fully saturated rings. The van der Waals surface area contributed by atoms with Gasteiger partial charge >= 0.3 is 0 Å². The van der Waals surface area contributed by atoms with Crippen LogP contribution in [0.5, 0.6) is 5.75 Å². The lowest BCUT2D eigenvalue weighted by Gasteiger charge is -2.15. The average Bonchev–Trinajstić information content (AvgIpc) is 2.44. The summed E-state index contributed by atoms with van der Waals surface area (Å²) in [5, 5.41) is 2.57.